The Morgan fingerprint density at radius 2 is 1.71 bits per heavy atom. The molecule has 4 aliphatic rings. The molecule has 0 unspecified atom stereocenters. The number of hydrogen-bond donors (Lipinski definition) is 1. The van der Waals surface area contributed by atoms with Gasteiger partial charge in [0.1, 0.15) is 0 Å². The maximum Gasteiger partial charge on any atom is 0.501 e. The molecule has 5 rings (SSSR count). The number of likely N-dealkylation sites (tertiary alicyclic amines) is 1. The van der Waals surface area contributed by atoms with E-state index in [-0.39, 0.29) is 12.3 Å². The van der Waals surface area contributed by atoms with Gasteiger partial charge in [0.2, 0.25) is 5.91 Å². The van der Waals surface area contributed by atoms with E-state index in [0.717, 1.165) is 55.3 Å². The van der Waals surface area contributed by atoms with Crippen molar-refractivity contribution in [2.45, 2.75) is 86.7 Å². The summed E-state index contributed by atoms with van der Waals surface area (Å²) in [5.41, 5.74) is -4.87. The van der Waals surface area contributed by atoms with E-state index >= 15 is 0 Å². The number of carbonyl (C=O) groups excluding carboxylic acids is 1. The number of amides is 1. The fourth-order valence-electron chi connectivity index (χ4n) is 7.80. The molecule has 4 fully saturated rings. The van der Waals surface area contributed by atoms with Crippen molar-refractivity contribution in [1.82, 2.24) is 15.1 Å². The number of piperidine rings is 3. The van der Waals surface area contributed by atoms with E-state index in [1.54, 1.807) is 0 Å². The van der Waals surface area contributed by atoms with Gasteiger partial charge in [0.25, 0.3) is 9.84 Å². The van der Waals surface area contributed by atoms with Gasteiger partial charge in [0.15, 0.2) is 0 Å². The molecule has 3 heterocycles. The number of alkyl halides is 3. The number of halogens is 3. The average molecular weight is 556 g/mol. The Balaban J connectivity index is 1.05. The lowest BCUT2D eigenvalue weighted by Gasteiger charge is -2.58. The van der Waals surface area contributed by atoms with Crippen molar-refractivity contribution >= 4 is 15.7 Å². The van der Waals surface area contributed by atoms with Gasteiger partial charge in [-0.1, -0.05) is 18.6 Å². The van der Waals surface area contributed by atoms with Crippen LogP contribution >= 0.6 is 0 Å². The van der Waals surface area contributed by atoms with Crippen LogP contribution in [-0.4, -0.2) is 74.4 Å². The first kappa shape index (κ1) is 27.9. The van der Waals surface area contributed by atoms with E-state index in [4.69, 9.17) is 0 Å². The smallest absolute Gasteiger partial charge is 0.356 e. The van der Waals surface area contributed by atoms with Crippen LogP contribution in [0, 0.1) is 17.8 Å². The third-order valence-electron chi connectivity index (χ3n) is 9.39. The molecule has 3 saturated heterocycles. The summed E-state index contributed by atoms with van der Waals surface area (Å²) in [5.74, 6) is 2.32. The van der Waals surface area contributed by atoms with Crippen molar-refractivity contribution in [2.75, 3.05) is 32.7 Å². The highest BCUT2D eigenvalue weighted by molar-refractivity contribution is 7.92. The Morgan fingerprint density at radius 1 is 0.947 bits per heavy atom. The van der Waals surface area contributed by atoms with Gasteiger partial charge in [-0.3, -0.25) is 14.6 Å². The van der Waals surface area contributed by atoms with Gasteiger partial charge >= 0.3 is 5.51 Å². The molecule has 212 valence electrons. The van der Waals surface area contributed by atoms with Crippen LogP contribution in [-0.2, 0) is 21.1 Å². The second-order valence-corrected chi connectivity index (χ2v) is 13.7. The molecule has 1 saturated carbocycles. The van der Waals surface area contributed by atoms with E-state index in [1.165, 1.54) is 76.7 Å². The van der Waals surface area contributed by atoms with Crippen LogP contribution < -0.4 is 5.32 Å². The first-order chi connectivity index (χ1) is 18.1. The van der Waals surface area contributed by atoms with Crippen molar-refractivity contribution in [3.05, 3.63) is 29.8 Å². The lowest BCUT2D eigenvalue weighted by Crippen LogP contribution is -2.62. The van der Waals surface area contributed by atoms with Crippen LogP contribution in [0.15, 0.2) is 29.2 Å². The van der Waals surface area contributed by atoms with Gasteiger partial charge in [-0.15, -0.1) is 0 Å². The topological polar surface area (TPSA) is 69.7 Å². The number of benzene rings is 1. The molecular formula is C28H40F3N3O3S. The van der Waals surface area contributed by atoms with E-state index in [0.29, 0.717) is 18.2 Å². The second-order valence-electron chi connectivity index (χ2n) is 11.8. The molecule has 6 nitrogen and oxygen atoms in total. The lowest BCUT2D eigenvalue weighted by atomic mass is 9.62. The first-order valence-electron chi connectivity index (χ1n) is 14.3. The summed E-state index contributed by atoms with van der Waals surface area (Å²) < 4.78 is 61.0. The maximum atomic E-state index is 12.7. The molecule has 38 heavy (non-hydrogen) atoms. The molecule has 1 aromatic carbocycles. The number of nitrogens with zero attached hydrogens (tertiary/aromatic N) is 2. The van der Waals surface area contributed by atoms with Gasteiger partial charge in [0, 0.05) is 25.2 Å². The quantitative estimate of drug-likeness (QED) is 0.482. The number of unbranched alkanes of at least 4 members (excludes halogenated alkanes) is 1. The fraction of sp³-hybridized carbons (Fsp3) is 0.750. The summed E-state index contributed by atoms with van der Waals surface area (Å²) in [7, 11) is -5.38. The summed E-state index contributed by atoms with van der Waals surface area (Å²) in [4.78, 5) is 17.1. The van der Waals surface area contributed by atoms with Crippen LogP contribution in [0.5, 0.6) is 0 Å². The SMILES string of the molecule is O=C(Cc1ccc(S(=O)(=O)C(F)(F)F)cc1)NCCCCN1CCC[C@H]2C[C@H]3C[C@H](CN4CCCC[C@H]34)[C@@H]21. The van der Waals surface area contributed by atoms with Gasteiger partial charge < -0.3 is 5.32 Å². The molecule has 0 spiro atoms. The van der Waals surface area contributed by atoms with Gasteiger partial charge in [0.05, 0.1) is 11.3 Å². The zero-order chi connectivity index (χ0) is 26.9. The minimum absolute atomic E-state index is 0.00254. The summed E-state index contributed by atoms with van der Waals surface area (Å²) in [6.07, 6.45) is 11.5. The standard InChI is InChI=1S/C28H40F3N3O3S/c29-28(30,31)38(36,37)24-10-8-20(9-11-24)16-26(35)32-12-2-4-13-33-15-5-6-21-17-22-18-23(27(21)33)19-34-14-3-1-7-25(22)34/h8-11,21-23,25,27H,1-7,12-19H2,(H,32,35)/t21-,22-,23+,25+,27+/m0/s1. The van der Waals surface area contributed by atoms with Crippen LogP contribution in [0.2, 0.25) is 0 Å². The number of rotatable bonds is 8. The molecule has 10 heteroatoms. The molecular weight excluding hydrogens is 515 g/mol. The largest absolute Gasteiger partial charge is 0.501 e. The van der Waals surface area contributed by atoms with Crippen molar-refractivity contribution in [3.63, 3.8) is 0 Å². The summed E-state index contributed by atoms with van der Waals surface area (Å²) in [5, 5.41) is 2.90. The van der Waals surface area contributed by atoms with E-state index in [1.807, 2.05) is 0 Å². The lowest BCUT2D eigenvalue weighted by molar-refractivity contribution is -0.120. The van der Waals surface area contributed by atoms with E-state index in [9.17, 15) is 26.4 Å². The monoisotopic (exact) mass is 555 g/mol. The van der Waals surface area contributed by atoms with Crippen molar-refractivity contribution < 1.29 is 26.4 Å². The van der Waals surface area contributed by atoms with Gasteiger partial charge in [-0.2, -0.15) is 13.2 Å². The zero-order valence-electron chi connectivity index (χ0n) is 22.0. The van der Waals surface area contributed by atoms with Crippen LogP contribution in [0.1, 0.15) is 63.4 Å². The molecule has 0 aromatic heterocycles. The molecule has 0 radical (unpaired) electrons. The molecule has 1 aliphatic carbocycles. The number of hydrogen-bond acceptors (Lipinski definition) is 5. The van der Waals surface area contributed by atoms with Crippen molar-refractivity contribution in [3.8, 4) is 0 Å². The zero-order valence-corrected chi connectivity index (χ0v) is 22.8. The highest BCUT2D eigenvalue weighted by atomic mass is 32.2. The van der Waals surface area contributed by atoms with Gasteiger partial charge in [-0.05, 0) is 106 Å². The summed E-state index contributed by atoms with van der Waals surface area (Å²) in [6, 6.07) is 5.88. The Kier molecular flexibility index (Phi) is 8.41. The second kappa shape index (κ2) is 11.5. The average Bonchev–Trinajstić information content (AvgIpc) is 2.88. The fourth-order valence-corrected chi connectivity index (χ4v) is 8.56. The molecule has 3 aliphatic heterocycles. The molecule has 2 bridgehead atoms. The maximum absolute atomic E-state index is 12.7. The number of sulfone groups is 1. The summed E-state index contributed by atoms with van der Waals surface area (Å²) >= 11 is 0. The minimum Gasteiger partial charge on any atom is -0.356 e. The highest BCUT2D eigenvalue weighted by Crippen LogP contribution is 2.48. The van der Waals surface area contributed by atoms with E-state index in [2.05, 4.69) is 15.1 Å². The highest BCUT2D eigenvalue weighted by Gasteiger charge is 2.49. The van der Waals surface area contributed by atoms with Crippen LogP contribution in [0.25, 0.3) is 0 Å². The molecule has 5 atom stereocenters. The predicted octanol–water partition coefficient (Wildman–Crippen LogP) is 4.39. The third-order valence-corrected chi connectivity index (χ3v) is 10.9. The Bertz CT molecular complexity index is 1080. The number of fused-ring (bicyclic) bond motifs is 6. The molecule has 1 aromatic rings. The van der Waals surface area contributed by atoms with Gasteiger partial charge in [-0.25, -0.2) is 8.42 Å². The number of carbonyl (C=O) groups is 1. The first-order valence-corrected chi connectivity index (χ1v) is 15.8. The Labute approximate surface area is 224 Å². The van der Waals surface area contributed by atoms with E-state index < -0.39 is 20.2 Å². The summed E-state index contributed by atoms with van der Waals surface area (Å²) in [6.45, 7) is 5.36. The number of nitrogens with one attached hydrogen (secondary N) is 1. The van der Waals surface area contributed by atoms with Crippen LogP contribution in [0.4, 0.5) is 13.2 Å². The normalized spacial score (nSPS) is 30.3. The minimum atomic E-state index is -5.38. The van der Waals surface area contributed by atoms with Crippen molar-refractivity contribution in [2.24, 2.45) is 17.8 Å². The molecule has 1 N–H and O–H groups in total. The Hall–Kier alpha value is -1.65. The third kappa shape index (κ3) is 5.92. The van der Waals surface area contributed by atoms with Crippen LogP contribution in [0.3, 0.4) is 0 Å². The Morgan fingerprint density at radius 3 is 2.47 bits per heavy atom. The molecule has 1 amide bonds. The van der Waals surface area contributed by atoms with Crippen molar-refractivity contribution in [1.29, 1.82) is 0 Å². The predicted molar refractivity (Wildman–Crippen MR) is 139 cm³/mol.